The smallest absolute Gasteiger partial charge is 0.151 e. The summed E-state index contributed by atoms with van der Waals surface area (Å²) in [6.45, 7) is 2.57. The number of hydrogen-bond acceptors (Lipinski definition) is 3. The maximum atomic E-state index is 13.8. The zero-order valence-electron chi connectivity index (χ0n) is 10.9. The summed E-state index contributed by atoms with van der Waals surface area (Å²) in [7, 11) is 0. The number of rotatable bonds is 4. The van der Waals surface area contributed by atoms with Crippen molar-refractivity contribution in [1.82, 2.24) is 14.5 Å². The van der Waals surface area contributed by atoms with Gasteiger partial charge in [-0.25, -0.2) is 14.4 Å². The van der Waals surface area contributed by atoms with Crippen LogP contribution in [0.4, 0.5) is 4.39 Å². The van der Waals surface area contributed by atoms with Crippen molar-refractivity contribution in [2.75, 3.05) is 5.88 Å². The number of nitrogens with zero attached hydrogens (tertiary/aromatic N) is 3. The highest BCUT2D eigenvalue weighted by Gasteiger charge is 2.14. The lowest BCUT2D eigenvalue weighted by atomic mass is 10.3. The Morgan fingerprint density at radius 1 is 1.35 bits per heavy atom. The highest BCUT2D eigenvalue weighted by Crippen LogP contribution is 2.22. The molecule has 0 amide bonds. The monoisotopic (exact) mass is 309 g/mol. The van der Waals surface area contributed by atoms with Crippen LogP contribution in [0.5, 0.6) is 0 Å². The van der Waals surface area contributed by atoms with Gasteiger partial charge in [0.15, 0.2) is 5.82 Å². The zero-order valence-corrected chi connectivity index (χ0v) is 12.5. The molecule has 6 heteroatoms. The van der Waals surface area contributed by atoms with Crippen molar-refractivity contribution in [1.29, 1.82) is 0 Å². The average Bonchev–Trinajstić information content (AvgIpc) is 2.97. The van der Waals surface area contributed by atoms with Crippen molar-refractivity contribution in [3.63, 3.8) is 0 Å². The van der Waals surface area contributed by atoms with Gasteiger partial charge in [-0.2, -0.15) is 0 Å². The number of benzene rings is 1. The van der Waals surface area contributed by atoms with Crippen LogP contribution in [-0.2, 0) is 13.0 Å². The van der Waals surface area contributed by atoms with Crippen molar-refractivity contribution in [2.24, 2.45) is 0 Å². The Morgan fingerprint density at radius 2 is 2.20 bits per heavy atom. The summed E-state index contributed by atoms with van der Waals surface area (Å²) in [4.78, 5) is 8.84. The van der Waals surface area contributed by atoms with E-state index in [2.05, 4.69) is 9.97 Å². The number of aryl methyl sites for hydroxylation is 2. The Labute approximate surface area is 125 Å². The van der Waals surface area contributed by atoms with Crippen LogP contribution >= 0.6 is 22.9 Å². The van der Waals surface area contributed by atoms with E-state index >= 15 is 0 Å². The highest BCUT2D eigenvalue weighted by molar-refractivity contribution is 7.09. The fourth-order valence-electron chi connectivity index (χ4n) is 2.22. The summed E-state index contributed by atoms with van der Waals surface area (Å²) in [5.41, 5.74) is 2.19. The van der Waals surface area contributed by atoms with Gasteiger partial charge in [0.25, 0.3) is 0 Å². The number of thiazole rings is 1. The third-order valence-corrected chi connectivity index (χ3v) is 4.23. The molecule has 0 aliphatic heterocycles. The minimum atomic E-state index is -0.299. The van der Waals surface area contributed by atoms with E-state index in [-0.39, 0.29) is 5.82 Å². The maximum absolute atomic E-state index is 13.8. The molecule has 0 N–H and O–H groups in total. The molecule has 0 unspecified atom stereocenters. The van der Waals surface area contributed by atoms with Gasteiger partial charge in [-0.15, -0.1) is 22.9 Å². The second-order valence-corrected chi connectivity index (χ2v) is 5.86. The maximum Gasteiger partial charge on any atom is 0.151 e. The standard InChI is InChI=1S/C14H13ClFN3S/c1-9-8-20-13(17-9)7-19-11-4-2-3-10(16)14(11)18-12(19)5-6-15/h2-4,8H,5-7H2,1H3. The molecule has 0 aliphatic rings. The van der Waals surface area contributed by atoms with Gasteiger partial charge < -0.3 is 4.57 Å². The van der Waals surface area contributed by atoms with Gasteiger partial charge >= 0.3 is 0 Å². The summed E-state index contributed by atoms with van der Waals surface area (Å²) in [5, 5.41) is 3.00. The lowest BCUT2D eigenvalue weighted by Crippen LogP contribution is -2.05. The van der Waals surface area contributed by atoms with Gasteiger partial charge in [-0.1, -0.05) is 6.07 Å². The molecule has 0 saturated carbocycles. The Balaban J connectivity index is 2.11. The Morgan fingerprint density at radius 3 is 2.90 bits per heavy atom. The predicted molar refractivity (Wildman–Crippen MR) is 80.1 cm³/mol. The molecule has 0 radical (unpaired) electrons. The number of aromatic nitrogens is 3. The van der Waals surface area contributed by atoms with E-state index in [9.17, 15) is 4.39 Å². The molecule has 0 spiro atoms. The molecule has 2 heterocycles. The second kappa shape index (κ2) is 5.50. The minimum absolute atomic E-state index is 0.299. The SMILES string of the molecule is Cc1csc(Cn2c(CCCl)nc3c(F)cccc32)n1. The van der Waals surface area contributed by atoms with E-state index < -0.39 is 0 Å². The predicted octanol–water partition coefficient (Wildman–Crippen LogP) is 3.77. The van der Waals surface area contributed by atoms with Gasteiger partial charge in [-0.05, 0) is 19.1 Å². The molecule has 0 bridgehead atoms. The van der Waals surface area contributed by atoms with Gasteiger partial charge in [0.05, 0.1) is 12.1 Å². The van der Waals surface area contributed by atoms with Crippen LogP contribution in [0.1, 0.15) is 16.5 Å². The van der Waals surface area contributed by atoms with Crippen molar-refractivity contribution in [2.45, 2.75) is 19.9 Å². The van der Waals surface area contributed by atoms with E-state index in [0.29, 0.717) is 24.4 Å². The first kappa shape index (κ1) is 13.5. The molecular formula is C14H13ClFN3S. The lowest BCUT2D eigenvalue weighted by Gasteiger charge is -2.06. The normalized spacial score (nSPS) is 11.3. The molecule has 3 aromatic rings. The Kier molecular flexibility index (Phi) is 3.72. The number of para-hydroxylation sites is 1. The lowest BCUT2D eigenvalue weighted by molar-refractivity contribution is 0.637. The molecule has 0 saturated heterocycles. The largest absolute Gasteiger partial charge is 0.321 e. The molecule has 3 nitrogen and oxygen atoms in total. The molecule has 0 aliphatic carbocycles. The molecule has 2 aromatic heterocycles. The van der Waals surface area contributed by atoms with E-state index in [1.807, 2.05) is 22.9 Å². The Hall–Kier alpha value is -1.46. The van der Waals surface area contributed by atoms with Crippen LogP contribution in [0.25, 0.3) is 11.0 Å². The molecule has 0 fully saturated rings. The van der Waals surface area contributed by atoms with Crippen LogP contribution in [0.15, 0.2) is 23.6 Å². The summed E-state index contributed by atoms with van der Waals surface area (Å²) >= 11 is 7.42. The Bertz CT molecular complexity index is 750. The highest BCUT2D eigenvalue weighted by atomic mass is 35.5. The number of fused-ring (bicyclic) bond motifs is 1. The average molecular weight is 310 g/mol. The third kappa shape index (κ3) is 2.43. The van der Waals surface area contributed by atoms with Gasteiger partial charge in [0.1, 0.15) is 16.3 Å². The van der Waals surface area contributed by atoms with Crippen molar-refractivity contribution >= 4 is 34.0 Å². The first-order valence-corrected chi connectivity index (χ1v) is 7.71. The van der Waals surface area contributed by atoms with Gasteiger partial charge in [-0.3, -0.25) is 0 Å². The zero-order chi connectivity index (χ0) is 14.1. The molecular weight excluding hydrogens is 297 g/mol. The van der Waals surface area contributed by atoms with E-state index in [0.717, 1.165) is 22.0 Å². The van der Waals surface area contributed by atoms with Crippen molar-refractivity contribution < 1.29 is 4.39 Å². The fraction of sp³-hybridized carbons (Fsp3) is 0.286. The minimum Gasteiger partial charge on any atom is -0.321 e. The van der Waals surface area contributed by atoms with Crippen LogP contribution < -0.4 is 0 Å². The van der Waals surface area contributed by atoms with Crippen molar-refractivity contribution in [3.05, 3.63) is 45.9 Å². The number of hydrogen-bond donors (Lipinski definition) is 0. The summed E-state index contributed by atoms with van der Waals surface area (Å²) in [5.74, 6) is 0.960. The first-order chi connectivity index (χ1) is 9.69. The second-order valence-electron chi connectivity index (χ2n) is 4.54. The fourth-order valence-corrected chi connectivity index (χ4v) is 3.15. The van der Waals surface area contributed by atoms with Crippen molar-refractivity contribution in [3.8, 4) is 0 Å². The number of alkyl halides is 1. The van der Waals surface area contributed by atoms with Gasteiger partial charge in [0.2, 0.25) is 0 Å². The number of imidazole rings is 1. The first-order valence-electron chi connectivity index (χ1n) is 6.29. The third-order valence-electron chi connectivity index (χ3n) is 3.09. The molecule has 1 aromatic carbocycles. The van der Waals surface area contributed by atoms with E-state index in [1.54, 1.807) is 17.4 Å². The van der Waals surface area contributed by atoms with Gasteiger partial charge in [0, 0.05) is 23.4 Å². The van der Waals surface area contributed by atoms with Crippen LogP contribution in [0.2, 0.25) is 0 Å². The van der Waals surface area contributed by atoms with E-state index in [1.165, 1.54) is 6.07 Å². The van der Waals surface area contributed by atoms with E-state index in [4.69, 9.17) is 11.6 Å². The van der Waals surface area contributed by atoms with Crippen LogP contribution in [-0.4, -0.2) is 20.4 Å². The summed E-state index contributed by atoms with van der Waals surface area (Å²) in [6.07, 6.45) is 0.611. The summed E-state index contributed by atoms with van der Waals surface area (Å²) < 4.78 is 15.8. The molecule has 3 rings (SSSR count). The molecule has 20 heavy (non-hydrogen) atoms. The van der Waals surface area contributed by atoms with Crippen LogP contribution in [0.3, 0.4) is 0 Å². The molecule has 0 atom stereocenters. The number of halogens is 2. The quantitative estimate of drug-likeness (QED) is 0.687. The molecule has 104 valence electrons. The van der Waals surface area contributed by atoms with Crippen LogP contribution in [0, 0.1) is 12.7 Å². The topological polar surface area (TPSA) is 30.7 Å². The summed E-state index contributed by atoms with van der Waals surface area (Å²) in [6, 6.07) is 5.01.